The Labute approximate surface area is 108 Å². The highest BCUT2D eigenvalue weighted by Crippen LogP contribution is 2.55. The van der Waals surface area contributed by atoms with Crippen LogP contribution in [0.3, 0.4) is 0 Å². The van der Waals surface area contributed by atoms with Gasteiger partial charge in [0.1, 0.15) is 0 Å². The van der Waals surface area contributed by atoms with Crippen molar-refractivity contribution in [2.24, 2.45) is 23.7 Å². The van der Waals surface area contributed by atoms with Crippen LogP contribution >= 0.6 is 11.6 Å². The Hall–Kier alpha value is -0.240. The van der Waals surface area contributed by atoms with Gasteiger partial charge in [0.15, 0.2) is 0 Å². The van der Waals surface area contributed by atoms with Gasteiger partial charge in [-0.1, -0.05) is 6.92 Å². The summed E-state index contributed by atoms with van der Waals surface area (Å²) in [4.78, 5) is 12.1. The van der Waals surface area contributed by atoms with Crippen molar-refractivity contribution < 1.29 is 4.79 Å². The van der Waals surface area contributed by atoms with Crippen LogP contribution in [-0.2, 0) is 4.79 Å². The summed E-state index contributed by atoms with van der Waals surface area (Å²) >= 11 is 5.77. The number of halogens is 1. The number of carbonyl (C=O) groups excluding carboxylic acids is 1. The summed E-state index contributed by atoms with van der Waals surface area (Å²) in [7, 11) is 0. The number of carbonyl (C=O) groups is 1. The summed E-state index contributed by atoms with van der Waals surface area (Å²) in [5.41, 5.74) is 0.145. The summed E-state index contributed by atoms with van der Waals surface area (Å²) in [6.45, 7) is 1.92. The van der Waals surface area contributed by atoms with E-state index in [9.17, 15) is 4.79 Å². The molecule has 1 amide bonds. The van der Waals surface area contributed by atoms with Crippen molar-refractivity contribution in [1.29, 1.82) is 0 Å². The van der Waals surface area contributed by atoms with Crippen LogP contribution in [0.25, 0.3) is 0 Å². The number of rotatable bonds is 3. The summed E-state index contributed by atoms with van der Waals surface area (Å²) < 4.78 is 0. The lowest BCUT2D eigenvalue weighted by molar-refractivity contribution is -0.129. The summed E-state index contributed by atoms with van der Waals surface area (Å²) in [6, 6.07) is 0. The molecule has 17 heavy (non-hydrogen) atoms. The minimum absolute atomic E-state index is 0.0512. The predicted molar refractivity (Wildman–Crippen MR) is 68.9 cm³/mol. The molecule has 0 heterocycles. The Morgan fingerprint density at radius 1 is 1.24 bits per heavy atom. The molecular formula is C14H22ClNO. The average molecular weight is 256 g/mol. The van der Waals surface area contributed by atoms with E-state index in [1.807, 2.05) is 6.92 Å². The third-order valence-corrected chi connectivity index (χ3v) is 5.57. The van der Waals surface area contributed by atoms with Crippen molar-refractivity contribution in [2.75, 3.05) is 5.88 Å². The predicted octanol–water partition coefficient (Wildman–Crippen LogP) is 2.95. The summed E-state index contributed by atoms with van der Waals surface area (Å²) in [5, 5.41) is 3.35. The largest absolute Gasteiger partial charge is 0.350 e. The van der Waals surface area contributed by atoms with E-state index in [1.165, 1.54) is 38.5 Å². The van der Waals surface area contributed by atoms with Crippen molar-refractivity contribution in [1.82, 2.24) is 5.32 Å². The first-order valence-corrected chi connectivity index (χ1v) is 7.52. The van der Waals surface area contributed by atoms with Gasteiger partial charge in [-0.05, 0) is 56.3 Å². The van der Waals surface area contributed by atoms with Crippen LogP contribution in [0.2, 0.25) is 0 Å². The molecule has 4 bridgehead atoms. The second kappa shape index (κ2) is 4.15. The van der Waals surface area contributed by atoms with Gasteiger partial charge < -0.3 is 5.32 Å². The van der Waals surface area contributed by atoms with Crippen LogP contribution in [0.4, 0.5) is 0 Å². The zero-order chi connectivity index (χ0) is 12.0. The van der Waals surface area contributed by atoms with Gasteiger partial charge in [-0.2, -0.15) is 0 Å². The maximum absolute atomic E-state index is 12.1. The monoisotopic (exact) mass is 255 g/mol. The Balaban J connectivity index is 1.72. The van der Waals surface area contributed by atoms with E-state index in [0.29, 0.717) is 5.88 Å². The van der Waals surface area contributed by atoms with Crippen LogP contribution in [0, 0.1) is 23.7 Å². The smallest absolute Gasteiger partial charge is 0.224 e. The standard InChI is InChI=1S/C14H22ClNO/c1-9(8-15)13(17)16-14-5-10-2-11(6-14)4-12(3-10)7-14/h9-12H,2-8H2,1H3,(H,16,17). The van der Waals surface area contributed by atoms with Crippen molar-refractivity contribution >= 4 is 17.5 Å². The van der Waals surface area contributed by atoms with Gasteiger partial charge in [0.25, 0.3) is 0 Å². The van der Waals surface area contributed by atoms with Gasteiger partial charge >= 0.3 is 0 Å². The van der Waals surface area contributed by atoms with Crippen molar-refractivity contribution in [3.63, 3.8) is 0 Å². The van der Waals surface area contributed by atoms with Crippen molar-refractivity contribution in [2.45, 2.75) is 51.0 Å². The fourth-order valence-electron chi connectivity index (χ4n) is 4.72. The minimum atomic E-state index is -0.0512. The lowest BCUT2D eigenvalue weighted by Crippen LogP contribution is -2.60. The molecule has 96 valence electrons. The Morgan fingerprint density at radius 2 is 1.71 bits per heavy atom. The van der Waals surface area contributed by atoms with Gasteiger partial charge in [-0.15, -0.1) is 11.6 Å². The maximum Gasteiger partial charge on any atom is 0.224 e. The SMILES string of the molecule is CC(CCl)C(=O)NC12CC3CC(CC(C3)C1)C2. The van der Waals surface area contributed by atoms with E-state index in [2.05, 4.69) is 5.32 Å². The fourth-order valence-corrected chi connectivity index (χ4v) is 4.86. The van der Waals surface area contributed by atoms with Crippen molar-refractivity contribution in [3.05, 3.63) is 0 Å². The number of alkyl halides is 1. The topological polar surface area (TPSA) is 29.1 Å². The molecular weight excluding hydrogens is 234 g/mol. The number of amides is 1. The van der Waals surface area contributed by atoms with Crippen LogP contribution < -0.4 is 5.32 Å². The van der Waals surface area contributed by atoms with Gasteiger partial charge in [0.2, 0.25) is 5.91 Å². The third-order valence-electron chi connectivity index (χ3n) is 5.11. The molecule has 1 unspecified atom stereocenters. The first-order chi connectivity index (χ1) is 8.10. The Morgan fingerprint density at radius 3 is 2.12 bits per heavy atom. The number of hydrogen-bond acceptors (Lipinski definition) is 1. The summed E-state index contributed by atoms with van der Waals surface area (Å²) in [6.07, 6.45) is 7.92. The van der Waals surface area contributed by atoms with Gasteiger partial charge in [0, 0.05) is 17.3 Å². The first kappa shape index (κ1) is 11.8. The molecule has 4 fully saturated rings. The first-order valence-electron chi connectivity index (χ1n) is 6.98. The average Bonchev–Trinajstić information content (AvgIpc) is 2.25. The Bertz CT molecular complexity index is 293. The van der Waals surface area contributed by atoms with Crippen LogP contribution in [0.1, 0.15) is 45.4 Å². The van der Waals surface area contributed by atoms with Gasteiger partial charge in [0.05, 0.1) is 0 Å². The van der Waals surface area contributed by atoms with Crippen LogP contribution in [0.15, 0.2) is 0 Å². The number of nitrogens with one attached hydrogen (secondary N) is 1. The molecule has 0 aromatic carbocycles. The van der Waals surface area contributed by atoms with Crippen LogP contribution in [-0.4, -0.2) is 17.3 Å². The highest BCUT2D eigenvalue weighted by Gasteiger charge is 2.51. The normalized spacial score (nSPS) is 44.7. The van der Waals surface area contributed by atoms with Gasteiger partial charge in [-0.3, -0.25) is 4.79 Å². The second-order valence-corrected chi connectivity index (χ2v) is 7.05. The number of hydrogen-bond donors (Lipinski definition) is 1. The van der Waals surface area contributed by atoms with Crippen molar-refractivity contribution in [3.8, 4) is 0 Å². The summed E-state index contributed by atoms with van der Waals surface area (Å²) in [5.74, 6) is 3.19. The molecule has 2 nitrogen and oxygen atoms in total. The second-order valence-electron chi connectivity index (χ2n) is 6.74. The molecule has 0 radical (unpaired) electrons. The lowest BCUT2D eigenvalue weighted by atomic mass is 9.53. The van der Waals surface area contributed by atoms with E-state index in [0.717, 1.165) is 17.8 Å². The van der Waals surface area contributed by atoms with E-state index in [1.54, 1.807) is 0 Å². The molecule has 0 aromatic rings. The molecule has 0 aliphatic heterocycles. The molecule has 0 saturated heterocycles. The maximum atomic E-state index is 12.1. The molecule has 4 aliphatic carbocycles. The Kier molecular flexibility index (Phi) is 2.89. The molecule has 0 spiro atoms. The molecule has 3 heteroatoms. The van der Waals surface area contributed by atoms with E-state index in [4.69, 9.17) is 11.6 Å². The quantitative estimate of drug-likeness (QED) is 0.772. The molecule has 4 aliphatic rings. The van der Waals surface area contributed by atoms with Gasteiger partial charge in [-0.25, -0.2) is 0 Å². The van der Waals surface area contributed by atoms with Crippen LogP contribution in [0.5, 0.6) is 0 Å². The van der Waals surface area contributed by atoms with E-state index in [-0.39, 0.29) is 17.4 Å². The minimum Gasteiger partial charge on any atom is -0.350 e. The zero-order valence-electron chi connectivity index (χ0n) is 10.5. The van der Waals surface area contributed by atoms with E-state index < -0.39 is 0 Å². The lowest BCUT2D eigenvalue weighted by Gasteiger charge is -2.57. The highest BCUT2D eigenvalue weighted by atomic mass is 35.5. The zero-order valence-corrected chi connectivity index (χ0v) is 11.3. The molecule has 4 saturated carbocycles. The third kappa shape index (κ3) is 2.09. The fraction of sp³-hybridized carbons (Fsp3) is 0.929. The molecule has 1 N–H and O–H groups in total. The highest BCUT2D eigenvalue weighted by molar-refractivity contribution is 6.19. The molecule has 0 aromatic heterocycles. The van der Waals surface area contributed by atoms with E-state index >= 15 is 0 Å². The molecule has 4 rings (SSSR count). The molecule has 1 atom stereocenters.